The van der Waals surface area contributed by atoms with E-state index in [2.05, 4.69) is 38.9 Å². The highest BCUT2D eigenvalue weighted by molar-refractivity contribution is 5.20. The smallest absolute Gasteiger partial charge is 0.233 e. The first-order valence-corrected chi connectivity index (χ1v) is 7.42. The fourth-order valence-electron chi connectivity index (χ4n) is 2.22. The van der Waals surface area contributed by atoms with E-state index in [1.807, 2.05) is 24.5 Å². The zero-order chi connectivity index (χ0) is 15.1. The molecule has 1 unspecified atom stereocenters. The molecule has 2 heterocycles. The third-order valence-corrected chi connectivity index (χ3v) is 3.23. The van der Waals surface area contributed by atoms with Gasteiger partial charge in [0.15, 0.2) is 0 Å². The van der Waals surface area contributed by atoms with Crippen LogP contribution in [0, 0.1) is 0 Å². The Morgan fingerprint density at radius 3 is 2.71 bits per heavy atom. The highest BCUT2D eigenvalue weighted by Gasteiger charge is 2.20. The Balaban J connectivity index is 2.29. The van der Waals surface area contributed by atoms with Gasteiger partial charge in [0.05, 0.1) is 12.8 Å². The van der Waals surface area contributed by atoms with Gasteiger partial charge in [0.25, 0.3) is 0 Å². The number of nitrogens with one attached hydrogen (secondary N) is 1. The van der Waals surface area contributed by atoms with Gasteiger partial charge in [-0.25, -0.2) is 4.98 Å². The van der Waals surface area contributed by atoms with Crippen LogP contribution >= 0.6 is 0 Å². The largest absolute Gasteiger partial charge is 0.480 e. The summed E-state index contributed by atoms with van der Waals surface area (Å²) in [7, 11) is 1.59. The van der Waals surface area contributed by atoms with Crippen molar-refractivity contribution in [3.63, 3.8) is 0 Å². The average molecular weight is 289 g/mol. The summed E-state index contributed by atoms with van der Waals surface area (Å²) in [6, 6.07) is 3.71. The summed E-state index contributed by atoms with van der Waals surface area (Å²) in [5.74, 6) is 1.50. The third kappa shape index (κ3) is 3.78. The van der Waals surface area contributed by atoms with E-state index in [1.54, 1.807) is 7.11 Å². The second-order valence-corrected chi connectivity index (χ2v) is 4.87. The minimum Gasteiger partial charge on any atom is -0.480 e. The predicted molar refractivity (Wildman–Crippen MR) is 81.2 cm³/mol. The molecule has 0 bridgehead atoms. The Morgan fingerprint density at radius 2 is 2.10 bits per heavy atom. The third-order valence-electron chi connectivity index (χ3n) is 3.23. The Morgan fingerprint density at radius 1 is 1.24 bits per heavy atom. The van der Waals surface area contributed by atoms with Crippen molar-refractivity contribution in [1.82, 2.24) is 25.1 Å². The molecule has 0 aromatic carbocycles. The van der Waals surface area contributed by atoms with E-state index in [1.165, 1.54) is 0 Å². The normalized spacial score (nSPS) is 12.3. The summed E-state index contributed by atoms with van der Waals surface area (Å²) in [6.07, 6.45) is 5.96. The van der Waals surface area contributed by atoms with Crippen LogP contribution in [0.4, 0.5) is 0 Å². The number of aryl methyl sites for hydroxylation is 1. The monoisotopic (exact) mass is 289 g/mol. The summed E-state index contributed by atoms with van der Waals surface area (Å²) in [5.41, 5.74) is 0.854. The van der Waals surface area contributed by atoms with Crippen molar-refractivity contribution in [3.8, 4) is 5.88 Å². The number of nitrogens with zero attached hydrogens (tertiary/aromatic N) is 4. The molecule has 21 heavy (non-hydrogen) atoms. The van der Waals surface area contributed by atoms with Crippen LogP contribution in [-0.4, -0.2) is 33.4 Å². The lowest BCUT2D eigenvalue weighted by atomic mass is 10.1. The molecule has 2 aromatic rings. The number of hydrogen-bond acceptors (Lipinski definition) is 5. The molecular weight excluding hydrogens is 266 g/mol. The number of imidazole rings is 1. The van der Waals surface area contributed by atoms with Crippen LogP contribution in [0.15, 0.2) is 24.5 Å². The second kappa shape index (κ2) is 7.73. The van der Waals surface area contributed by atoms with E-state index in [0.717, 1.165) is 37.4 Å². The number of hydrogen-bond donors (Lipinski definition) is 1. The summed E-state index contributed by atoms with van der Waals surface area (Å²) >= 11 is 0. The number of rotatable bonds is 8. The molecule has 0 aliphatic rings. The Kier molecular flexibility index (Phi) is 5.68. The molecule has 1 N–H and O–H groups in total. The second-order valence-electron chi connectivity index (χ2n) is 4.87. The van der Waals surface area contributed by atoms with Crippen molar-refractivity contribution in [2.24, 2.45) is 0 Å². The fourth-order valence-corrected chi connectivity index (χ4v) is 2.22. The lowest BCUT2D eigenvalue weighted by molar-refractivity contribution is 0.389. The fraction of sp³-hybridized carbons (Fsp3) is 0.533. The van der Waals surface area contributed by atoms with E-state index >= 15 is 0 Å². The predicted octanol–water partition coefficient (Wildman–Crippen LogP) is 2.18. The first kappa shape index (κ1) is 15.4. The topological polar surface area (TPSA) is 64.9 Å². The van der Waals surface area contributed by atoms with Crippen LogP contribution in [0.3, 0.4) is 0 Å². The van der Waals surface area contributed by atoms with Crippen molar-refractivity contribution < 1.29 is 4.74 Å². The van der Waals surface area contributed by atoms with Gasteiger partial charge in [-0.2, -0.15) is 0 Å². The van der Waals surface area contributed by atoms with Crippen molar-refractivity contribution in [2.75, 3.05) is 13.7 Å². The summed E-state index contributed by atoms with van der Waals surface area (Å²) in [6.45, 7) is 6.15. The Labute approximate surface area is 125 Å². The first-order valence-electron chi connectivity index (χ1n) is 7.42. The van der Waals surface area contributed by atoms with Gasteiger partial charge >= 0.3 is 0 Å². The van der Waals surface area contributed by atoms with Gasteiger partial charge < -0.3 is 14.6 Å². The molecule has 6 nitrogen and oxygen atoms in total. The molecule has 6 heteroatoms. The Bertz CT molecular complexity index is 537. The molecule has 2 rings (SSSR count). The number of ether oxygens (including phenoxy) is 1. The average Bonchev–Trinajstić information content (AvgIpc) is 2.97. The van der Waals surface area contributed by atoms with Crippen molar-refractivity contribution in [1.29, 1.82) is 0 Å². The minimum atomic E-state index is -0.0510. The molecule has 0 spiro atoms. The van der Waals surface area contributed by atoms with Crippen LogP contribution in [0.2, 0.25) is 0 Å². The van der Waals surface area contributed by atoms with E-state index < -0.39 is 0 Å². The molecule has 0 saturated carbocycles. The van der Waals surface area contributed by atoms with E-state index in [0.29, 0.717) is 5.88 Å². The minimum absolute atomic E-state index is 0.0510. The molecular formula is C15H23N5O. The van der Waals surface area contributed by atoms with Gasteiger partial charge in [-0.15, -0.1) is 10.2 Å². The maximum Gasteiger partial charge on any atom is 0.233 e. The van der Waals surface area contributed by atoms with E-state index in [-0.39, 0.29) is 6.04 Å². The highest BCUT2D eigenvalue weighted by Crippen LogP contribution is 2.20. The van der Waals surface area contributed by atoms with Gasteiger partial charge in [0.1, 0.15) is 11.9 Å². The number of aromatic nitrogens is 4. The van der Waals surface area contributed by atoms with Gasteiger partial charge in [-0.05, 0) is 25.5 Å². The van der Waals surface area contributed by atoms with Crippen LogP contribution in [0.5, 0.6) is 5.88 Å². The van der Waals surface area contributed by atoms with Crippen LogP contribution in [0.25, 0.3) is 0 Å². The van der Waals surface area contributed by atoms with E-state index in [9.17, 15) is 0 Å². The molecule has 1 atom stereocenters. The standard InChI is InChI=1S/C15H23N5O/c1-4-8-16-14(12-6-7-13(21-3)19-18-12)15-17-9-11-20(15)10-5-2/h6-7,9,11,14,16H,4-5,8,10H2,1-3H3. The highest BCUT2D eigenvalue weighted by atomic mass is 16.5. The molecule has 0 radical (unpaired) electrons. The maximum atomic E-state index is 5.07. The van der Waals surface area contributed by atoms with Gasteiger partial charge in [-0.3, -0.25) is 0 Å². The lowest BCUT2D eigenvalue weighted by Crippen LogP contribution is -2.27. The molecule has 2 aromatic heterocycles. The summed E-state index contributed by atoms with van der Waals surface area (Å²) < 4.78 is 7.23. The zero-order valence-electron chi connectivity index (χ0n) is 12.9. The van der Waals surface area contributed by atoms with Crippen LogP contribution in [-0.2, 0) is 6.54 Å². The molecule has 0 fully saturated rings. The summed E-state index contributed by atoms with van der Waals surface area (Å²) in [4.78, 5) is 4.51. The first-order chi connectivity index (χ1) is 10.3. The van der Waals surface area contributed by atoms with Crippen molar-refractivity contribution in [2.45, 2.75) is 39.3 Å². The summed E-state index contributed by atoms with van der Waals surface area (Å²) in [5, 5.41) is 11.8. The molecule has 0 aliphatic carbocycles. The molecule has 0 amide bonds. The SMILES string of the molecule is CCCNC(c1ccc(OC)nn1)c1nccn1CCC. The van der Waals surface area contributed by atoms with Gasteiger partial charge in [0, 0.05) is 25.0 Å². The molecule has 0 saturated heterocycles. The zero-order valence-corrected chi connectivity index (χ0v) is 12.9. The Hall–Kier alpha value is -1.95. The van der Waals surface area contributed by atoms with Gasteiger partial charge in [0.2, 0.25) is 5.88 Å². The quantitative estimate of drug-likeness (QED) is 0.807. The van der Waals surface area contributed by atoms with Crippen molar-refractivity contribution >= 4 is 0 Å². The van der Waals surface area contributed by atoms with Crippen LogP contribution < -0.4 is 10.1 Å². The lowest BCUT2D eigenvalue weighted by Gasteiger charge is -2.18. The molecule has 0 aliphatic heterocycles. The van der Waals surface area contributed by atoms with Crippen LogP contribution in [0.1, 0.15) is 44.2 Å². The van der Waals surface area contributed by atoms with Gasteiger partial charge in [-0.1, -0.05) is 13.8 Å². The maximum absolute atomic E-state index is 5.07. The molecule has 114 valence electrons. The van der Waals surface area contributed by atoms with E-state index in [4.69, 9.17) is 4.74 Å². The number of methoxy groups -OCH3 is 1. The van der Waals surface area contributed by atoms with Crippen molar-refractivity contribution in [3.05, 3.63) is 36.0 Å².